The van der Waals surface area contributed by atoms with Crippen LogP contribution < -0.4 is 10.2 Å². The summed E-state index contributed by atoms with van der Waals surface area (Å²) in [5, 5.41) is 3.13. The molecule has 5 nitrogen and oxygen atoms in total. The highest BCUT2D eigenvalue weighted by Crippen LogP contribution is 2.12. The molecule has 0 spiro atoms. The van der Waals surface area contributed by atoms with E-state index in [1.165, 1.54) is 0 Å². The first-order chi connectivity index (χ1) is 7.69. The highest BCUT2D eigenvalue weighted by molar-refractivity contribution is 5.32. The van der Waals surface area contributed by atoms with Crippen LogP contribution in [0.1, 0.15) is 5.69 Å². The average Bonchev–Trinajstić information content (AvgIpc) is 2.64. The van der Waals surface area contributed by atoms with E-state index < -0.39 is 0 Å². The number of ether oxygens (including phenoxy) is 1. The zero-order valence-corrected chi connectivity index (χ0v) is 10.7. The second-order valence-corrected chi connectivity index (χ2v) is 3.89. The van der Waals surface area contributed by atoms with Crippen molar-refractivity contribution in [3.05, 3.63) is 11.9 Å². The summed E-state index contributed by atoms with van der Waals surface area (Å²) in [4.78, 5) is 6.67. The third-order valence-electron chi connectivity index (χ3n) is 2.45. The molecule has 92 valence electrons. The van der Waals surface area contributed by atoms with Crippen molar-refractivity contribution in [1.82, 2.24) is 14.9 Å². The third kappa shape index (κ3) is 3.50. The Balaban J connectivity index is 2.68. The molecule has 0 bridgehead atoms. The molecule has 0 amide bonds. The number of rotatable bonds is 7. The fraction of sp³-hybridized carbons (Fsp3) is 0.727. The van der Waals surface area contributed by atoms with Crippen molar-refractivity contribution < 1.29 is 4.74 Å². The average molecular weight is 226 g/mol. The SMILES string of the molecule is CNCCN(C)c1nc(C)cn1CCOC. The minimum absolute atomic E-state index is 0.711. The zero-order valence-electron chi connectivity index (χ0n) is 10.7. The lowest BCUT2D eigenvalue weighted by Crippen LogP contribution is -2.29. The van der Waals surface area contributed by atoms with Crippen molar-refractivity contribution in [1.29, 1.82) is 0 Å². The number of hydrogen-bond acceptors (Lipinski definition) is 4. The molecule has 1 heterocycles. The van der Waals surface area contributed by atoms with Gasteiger partial charge < -0.3 is 19.5 Å². The molecule has 1 aromatic heterocycles. The van der Waals surface area contributed by atoms with Gasteiger partial charge in [-0.25, -0.2) is 4.98 Å². The van der Waals surface area contributed by atoms with Gasteiger partial charge in [-0.05, 0) is 14.0 Å². The van der Waals surface area contributed by atoms with Crippen LogP contribution in [-0.2, 0) is 11.3 Å². The summed E-state index contributed by atoms with van der Waals surface area (Å²) in [7, 11) is 5.73. The number of likely N-dealkylation sites (N-methyl/N-ethyl adjacent to an activating group) is 2. The number of anilines is 1. The fourth-order valence-electron chi connectivity index (χ4n) is 1.57. The molecule has 0 atom stereocenters. The first-order valence-electron chi connectivity index (χ1n) is 5.57. The van der Waals surface area contributed by atoms with E-state index in [1.54, 1.807) is 7.11 Å². The van der Waals surface area contributed by atoms with Crippen LogP contribution in [0.15, 0.2) is 6.20 Å². The Bertz CT molecular complexity index is 311. The molecule has 0 saturated carbocycles. The maximum absolute atomic E-state index is 5.09. The topological polar surface area (TPSA) is 42.3 Å². The van der Waals surface area contributed by atoms with Crippen LogP contribution in [-0.4, -0.2) is 50.5 Å². The van der Waals surface area contributed by atoms with Gasteiger partial charge in [0.2, 0.25) is 5.95 Å². The lowest BCUT2D eigenvalue weighted by atomic mass is 10.5. The van der Waals surface area contributed by atoms with Crippen molar-refractivity contribution in [2.45, 2.75) is 13.5 Å². The smallest absolute Gasteiger partial charge is 0.205 e. The summed E-state index contributed by atoms with van der Waals surface area (Å²) in [6, 6.07) is 0. The summed E-state index contributed by atoms with van der Waals surface area (Å²) in [6.07, 6.45) is 2.06. The van der Waals surface area contributed by atoms with E-state index in [9.17, 15) is 0 Å². The monoisotopic (exact) mass is 226 g/mol. The third-order valence-corrected chi connectivity index (χ3v) is 2.45. The first-order valence-corrected chi connectivity index (χ1v) is 5.57. The quantitative estimate of drug-likeness (QED) is 0.735. The molecule has 5 heteroatoms. The van der Waals surface area contributed by atoms with Crippen LogP contribution >= 0.6 is 0 Å². The van der Waals surface area contributed by atoms with Gasteiger partial charge in [0.1, 0.15) is 0 Å². The molecule has 16 heavy (non-hydrogen) atoms. The lowest BCUT2D eigenvalue weighted by Gasteiger charge is -2.19. The lowest BCUT2D eigenvalue weighted by molar-refractivity contribution is 0.187. The molecule has 0 fully saturated rings. The molecule has 0 aliphatic heterocycles. The van der Waals surface area contributed by atoms with Gasteiger partial charge in [-0.15, -0.1) is 0 Å². The van der Waals surface area contributed by atoms with Gasteiger partial charge in [-0.1, -0.05) is 0 Å². The number of aryl methyl sites for hydroxylation is 1. The van der Waals surface area contributed by atoms with Gasteiger partial charge in [0, 0.05) is 40.0 Å². The van der Waals surface area contributed by atoms with E-state index in [0.29, 0.717) is 6.61 Å². The Labute approximate surface area is 97.4 Å². The minimum atomic E-state index is 0.711. The minimum Gasteiger partial charge on any atom is -0.383 e. The number of methoxy groups -OCH3 is 1. The van der Waals surface area contributed by atoms with E-state index in [4.69, 9.17) is 4.74 Å². The van der Waals surface area contributed by atoms with Crippen molar-refractivity contribution >= 4 is 5.95 Å². The van der Waals surface area contributed by atoms with Crippen LogP contribution in [0.3, 0.4) is 0 Å². The zero-order chi connectivity index (χ0) is 12.0. The number of nitrogens with zero attached hydrogens (tertiary/aromatic N) is 3. The molecule has 0 aromatic carbocycles. The molecule has 0 aliphatic rings. The van der Waals surface area contributed by atoms with Gasteiger partial charge in [0.05, 0.1) is 12.3 Å². The van der Waals surface area contributed by atoms with Crippen LogP contribution in [0.25, 0.3) is 0 Å². The molecule has 0 aliphatic carbocycles. The molecule has 0 radical (unpaired) electrons. The van der Waals surface area contributed by atoms with E-state index in [0.717, 1.165) is 31.3 Å². The van der Waals surface area contributed by atoms with Gasteiger partial charge in [-0.2, -0.15) is 0 Å². The van der Waals surface area contributed by atoms with Gasteiger partial charge in [-0.3, -0.25) is 0 Å². The molecule has 0 unspecified atom stereocenters. The largest absolute Gasteiger partial charge is 0.383 e. The summed E-state index contributed by atoms with van der Waals surface area (Å²) in [5.41, 5.74) is 1.04. The predicted octanol–water partition coefficient (Wildman–Crippen LogP) is 0.494. The second kappa shape index (κ2) is 6.50. The molecule has 1 N–H and O–H groups in total. The van der Waals surface area contributed by atoms with E-state index in [1.807, 2.05) is 14.0 Å². The molecular formula is C11H22N4O. The Kier molecular flexibility index (Phi) is 5.28. The van der Waals surface area contributed by atoms with Gasteiger partial charge >= 0.3 is 0 Å². The van der Waals surface area contributed by atoms with Crippen LogP contribution in [0, 0.1) is 6.92 Å². The maximum Gasteiger partial charge on any atom is 0.205 e. The molecule has 1 rings (SSSR count). The predicted molar refractivity (Wildman–Crippen MR) is 66.0 cm³/mol. The van der Waals surface area contributed by atoms with E-state index >= 15 is 0 Å². The molecular weight excluding hydrogens is 204 g/mol. The molecule has 1 aromatic rings. The summed E-state index contributed by atoms with van der Waals surface area (Å²) >= 11 is 0. The Morgan fingerprint density at radius 3 is 2.94 bits per heavy atom. The highest BCUT2D eigenvalue weighted by atomic mass is 16.5. The van der Waals surface area contributed by atoms with Crippen molar-refractivity contribution in [2.75, 3.05) is 45.8 Å². The Hall–Kier alpha value is -1.07. The van der Waals surface area contributed by atoms with Gasteiger partial charge in [0.25, 0.3) is 0 Å². The summed E-state index contributed by atoms with van der Waals surface area (Å²) < 4.78 is 7.22. The van der Waals surface area contributed by atoms with E-state index in [-0.39, 0.29) is 0 Å². The van der Waals surface area contributed by atoms with Crippen molar-refractivity contribution in [3.63, 3.8) is 0 Å². The normalized spacial score (nSPS) is 10.8. The summed E-state index contributed by atoms with van der Waals surface area (Å²) in [6.45, 7) is 5.46. The summed E-state index contributed by atoms with van der Waals surface area (Å²) in [5.74, 6) is 1.00. The Morgan fingerprint density at radius 1 is 1.56 bits per heavy atom. The van der Waals surface area contributed by atoms with Gasteiger partial charge in [0.15, 0.2) is 0 Å². The maximum atomic E-state index is 5.09. The second-order valence-electron chi connectivity index (χ2n) is 3.89. The van der Waals surface area contributed by atoms with E-state index in [2.05, 4.69) is 33.0 Å². The van der Waals surface area contributed by atoms with Crippen LogP contribution in [0.4, 0.5) is 5.95 Å². The number of aromatic nitrogens is 2. The van der Waals surface area contributed by atoms with Crippen LogP contribution in [0.2, 0.25) is 0 Å². The van der Waals surface area contributed by atoms with Crippen LogP contribution in [0.5, 0.6) is 0 Å². The van der Waals surface area contributed by atoms with Crippen molar-refractivity contribution in [3.8, 4) is 0 Å². The number of imidazole rings is 1. The molecule has 0 saturated heterocycles. The fourth-order valence-corrected chi connectivity index (χ4v) is 1.57. The van der Waals surface area contributed by atoms with Crippen molar-refractivity contribution in [2.24, 2.45) is 0 Å². The highest BCUT2D eigenvalue weighted by Gasteiger charge is 2.09. The number of nitrogens with one attached hydrogen (secondary N) is 1. The Morgan fingerprint density at radius 2 is 2.31 bits per heavy atom. The standard InChI is InChI=1S/C11H22N4O/c1-10-9-15(7-8-16-4)11(13-10)14(3)6-5-12-2/h9,12H,5-8H2,1-4H3. The first kappa shape index (κ1) is 13.0. The number of hydrogen-bond donors (Lipinski definition) is 1.